The van der Waals surface area contributed by atoms with Crippen molar-refractivity contribution in [3.63, 3.8) is 0 Å². The van der Waals surface area contributed by atoms with Crippen molar-refractivity contribution in [1.29, 1.82) is 0 Å². The number of carbonyl (C=O) groups excluding carboxylic acids is 1. The zero-order valence-electron chi connectivity index (χ0n) is 14.8. The van der Waals surface area contributed by atoms with Gasteiger partial charge in [0.25, 0.3) is 5.91 Å². The number of hydrogen-bond acceptors (Lipinski definition) is 3. The first-order valence-electron chi connectivity index (χ1n) is 8.38. The van der Waals surface area contributed by atoms with Crippen LogP contribution >= 0.6 is 0 Å². The van der Waals surface area contributed by atoms with E-state index in [1.54, 1.807) is 30.3 Å². The Morgan fingerprint density at radius 3 is 2.56 bits per heavy atom. The summed E-state index contributed by atoms with van der Waals surface area (Å²) >= 11 is 0. The van der Waals surface area contributed by atoms with E-state index in [0.29, 0.717) is 17.1 Å². The fourth-order valence-corrected chi connectivity index (χ4v) is 2.54. The van der Waals surface area contributed by atoms with Crippen LogP contribution < -0.4 is 10.1 Å². The van der Waals surface area contributed by atoms with Crippen LogP contribution in [0.25, 0.3) is 0 Å². The zero-order chi connectivity index (χ0) is 19.4. The molecule has 4 nitrogen and oxygen atoms in total. The number of nitrogens with one attached hydrogen (secondary N) is 1. The lowest BCUT2D eigenvalue weighted by Gasteiger charge is -2.12. The first-order valence-corrected chi connectivity index (χ1v) is 8.38. The fraction of sp³-hybridized carbons (Fsp3) is 0.0909. The second-order valence-corrected chi connectivity index (χ2v) is 6.20. The maximum Gasteiger partial charge on any atom is 0.255 e. The Kier molecular flexibility index (Phi) is 5.41. The Morgan fingerprint density at radius 2 is 1.85 bits per heavy atom. The molecular weight excluding hydrogens is 345 g/mol. The van der Waals surface area contributed by atoms with Crippen LogP contribution in [0, 0.1) is 19.7 Å². The molecule has 0 spiro atoms. The first-order chi connectivity index (χ1) is 12.9. The second-order valence-electron chi connectivity index (χ2n) is 6.20. The normalized spacial score (nSPS) is 10.5. The number of aromatic hydroxyl groups is 1. The third kappa shape index (κ3) is 4.64. The summed E-state index contributed by atoms with van der Waals surface area (Å²) in [6.07, 6.45) is 0. The molecule has 0 bridgehead atoms. The number of halogens is 1. The summed E-state index contributed by atoms with van der Waals surface area (Å²) in [4.78, 5) is 12.3. The van der Waals surface area contributed by atoms with Crippen LogP contribution in [0.15, 0.2) is 60.7 Å². The molecule has 0 fully saturated rings. The summed E-state index contributed by atoms with van der Waals surface area (Å²) in [6.45, 7) is 6.01. The van der Waals surface area contributed by atoms with E-state index in [-0.39, 0.29) is 29.6 Å². The Morgan fingerprint density at radius 1 is 1.11 bits per heavy atom. The van der Waals surface area contributed by atoms with Crippen molar-refractivity contribution >= 4 is 5.91 Å². The number of amides is 1. The fourth-order valence-electron chi connectivity index (χ4n) is 2.54. The summed E-state index contributed by atoms with van der Waals surface area (Å²) in [5.74, 6) is 0.250. The zero-order valence-corrected chi connectivity index (χ0v) is 14.8. The topological polar surface area (TPSA) is 58.6 Å². The molecule has 2 N–H and O–H groups in total. The molecule has 0 heterocycles. The highest BCUT2D eigenvalue weighted by Crippen LogP contribution is 2.26. The Bertz CT molecular complexity index is 968. The molecule has 3 aromatic rings. The maximum absolute atomic E-state index is 13.0. The predicted octanol–water partition coefficient (Wildman–Crippen LogP) is 4.74. The summed E-state index contributed by atoms with van der Waals surface area (Å²) in [6, 6.07) is 16.0. The third-order valence-corrected chi connectivity index (χ3v) is 4.02. The van der Waals surface area contributed by atoms with Crippen molar-refractivity contribution in [2.75, 3.05) is 0 Å². The minimum Gasteiger partial charge on any atom is -0.507 e. The smallest absolute Gasteiger partial charge is 0.255 e. The number of hydrogen-bond donors (Lipinski definition) is 2. The molecular formula is C22H19FNO3. The second kappa shape index (κ2) is 7.91. The minimum absolute atomic E-state index is 0.0547. The number of phenols is 1. The van der Waals surface area contributed by atoms with Gasteiger partial charge in [0.2, 0.25) is 0 Å². The molecule has 0 aliphatic carbocycles. The number of benzene rings is 3. The average molecular weight is 364 g/mol. The lowest BCUT2D eigenvalue weighted by atomic mass is 10.1. The number of aryl methyl sites for hydroxylation is 1. The van der Waals surface area contributed by atoms with E-state index in [2.05, 4.69) is 12.2 Å². The molecule has 0 atom stereocenters. The van der Waals surface area contributed by atoms with E-state index >= 15 is 0 Å². The molecule has 0 unspecified atom stereocenters. The van der Waals surface area contributed by atoms with Crippen molar-refractivity contribution in [1.82, 2.24) is 5.32 Å². The van der Waals surface area contributed by atoms with Crippen LogP contribution in [0.2, 0.25) is 0 Å². The van der Waals surface area contributed by atoms with Gasteiger partial charge >= 0.3 is 0 Å². The molecule has 0 aliphatic rings. The van der Waals surface area contributed by atoms with Crippen LogP contribution in [0.3, 0.4) is 0 Å². The molecule has 1 amide bonds. The summed E-state index contributed by atoms with van der Waals surface area (Å²) in [5.41, 5.74) is 2.57. The van der Waals surface area contributed by atoms with Crippen molar-refractivity contribution in [2.45, 2.75) is 13.5 Å². The standard InChI is InChI=1S/C22H19FNO3/c1-14-3-10-19(20(25)11-14)22(26)24-13-16-5-4-15(2)21(12-16)27-18-8-6-17(23)7-9-18/h3-12,25H,2,13H2,1H3,(H,24,26). The highest BCUT2D eigenvalue weighted by molar-refractivity contribution is 5.96. The van der Waals surface area contributed by atoms with Crippen molar-refractivity contribution in [3.05, 3.63) is 95.7 Å². The SMILES string of the molecule is [CH2]c1ccc(CNC(=O)c2ccc(C)cc2O)cc1Oc1ccc(F)cc1. The highest BCUT2D eigenvalue weighted by atomic mass is 19.1. The van der Waals surface area contributed by atoms with Gasteiger partial charge in [0.05, 0.1) is 5.56 Å². The van der Waals surface area contributed by atoms with Gasteiger partial charge in [-0.2, -0.15) is 0 Å². The van der Waals surface area contributed by atoms with E-state index in [0.717, 1.165) is 11.1 Å². The highest BCUT2D eigenvalue weighted by Gasteiger charge is 2.11. The van der Waals surface area contributed by atoms with Gasteiger partial charge in [0, 0.05) is 6.54 Å². The van der Waals surface area contributed by atoms with Gasteiger partial charge in [-0.3, -0.25) is 4.79 Å². The van der Waals surface area contributed by atoms with E-state index in [1.807, 2.05) is 13.0 Å². The van der Waals surface area contributed by atoms with E-state index in [1.165, 1.54) is 24.3 Å². The lowest BCUT2D eigenvalue weighted by Crippen LogP contribution is -2.22. The summed E-state index contributed by atoms with van der Waals surface area (Å²) in [7, 11) is 0. The maximum atomic E-state index is 13.0. The quantitative estimate of drug-likeness (QED) is 0.687. The predicted molar refractivity (Wildman–Crippen MR) is 101 cm³/mol. The van der Waals surface area contributed by atoms with Crippen molar-refractivity contribution in [2.24, 2.45) is 0 Å². The molecule has 3 rings (SSSR count). The number of phenolic OH excluding ortho intramolecular Hbond substituents is 1. The van der Waals surface area contributed by atoms with Crippen LogP contribution in [-0.4, -0.2) is 11.0 Å². The lowest BCUT2D eigenvalue weighted by molar-refractivity contribution is 0.0948. The average Bonchev–Trinajstić information content (AvgIpc) is 2.64. The molecule has 0 aromatic heterocycles. The van der Waals surface area contributed by atoms with E-state index in [4.69, 9.17) is 4.74 Å². The van der Waals surface area contributed by atoms with Crippen LogP contribution in [0.1, 0.15) is 27.0 Å². The van der Waals surface area contributed by atoms with Gasteiger partial charge < -0.3 is 15.2 Å². The molecule has 0 saturated heterocycles. The Balaban J connectivity index is 1.70. The van der Waals surface area contributed by atoms with Crippen LogP contribution in [0.5, 0.6) is 17.2 Å². The molecule has 137 valence electrons. The van der Waals surface area contributed by atoms with Crippen molar-refractivity contribution in [3.8, 4) is 17.2 Å². The molecule has 0 aliphatic heterocycles. The van der Waals surface area contributed by atoms with Gasteiger partial charge in [0.1, 0.15) is 23.1 Å². The van der Waals surface area contributed by atoms with Gasteiger partial charge in [-0.1, -0.05) is 18.2 Å². The van der Waals surface area contributed by atoms with Crippen LogP contribution in [-0.2, 0) is 6.54 Å². The van der Waals surface area contributed by atoms with Gasteiger partial charge in [-0.25, -0.2) is 4.39 Å². The molecule has 5 heteroatoms. The monoisotopic (exact) mass is 364 g/mol. The minimum atomic E-state index is -0.368. The largest absolute Gasteiger partial charge is 0.507 e. The van der Waals surface area contributed by atoms with Crippen molar-refractivity contribution < 1.29 is 19.0 Å². The molecule has 3 aromatic carbocycles. The molecule has 0 saturated carbocycles. The van der Waals surface area contributed by atoms with Gasteiger partial charge in [-0.05, 0) is 73.0 Å². The summed E-state index contributed by atoms with van der Waals surface area (Å²) < 4.78 is 18.8. The third-order valence-electron chi connectivity index (χ3n) is 4.02. The number of ether oxygens (including phenoxy) is 1. The Hall–Kier alpha value is -3.34. The Labute approximate surface area is 157 Å². The van der Waals surface area contributed by atoms with Crippen LogP contribution in [0.4, 0.5) is 4.39 Å². The van der Waals surface area contributed by atoms with E-state index in [9.17, 15) is 14.3 Å². The summed E-state index contributed by atoms with van der Waals surface area (Å²) in [5, 5.41) is 12.7. The number of rotatable bonds is 5. The van der Waals surface area contributed by atoms with Gasteiger partial charge in [0.15, 0.2) is 0 Å². The van der Waals surface area contributed by atoms with E-state index < -0.39 is 0 Å². The molecule has 27 heavy (non-hydrogen) atoms. The van der Waals surface area contributed by atoms with Gasteiger partial charge in [-0.15, -0.1) is 0 Å². The first kappa shape index (κ1) is 18.5. The number of carbonyl (C=O) groups is 1. The molecule has 1 radical (unpaired) electrons.